The maximum absolute atomic E-state index is 12.3. The molecular weight excluding hydrogens is 368 g/mol. The van der Waals surface area contributed by atoms with Crippen LogP contribution < -0.4 is 15.6 Å². The van der Waals surface area contributed by atoms with Gasteiger partial charge in [0.2, 0.25) is 5.91 Å². The van der Waals surface area contributed by atoms with Crippen LogP contribution in [0.5, 0.6) is 5.75 Å². The summed E-state index contributed by atoms with van der Waals surface area (Å²) in [6.45, 7) is 1.92. The second-order valence-electron chi connectivity index (χ2n) is 6.74. The van der Waals surface area contributed by atoms with Crippen LogP contribution >= 0.6 is 0 Å². The van der Waals surface area contributed by atoms with E-state index in [4.69, 9.17) is 4.74 Å². The number of para-hydroxylation sites is 1. The van der Waals surface area contributed by atoms with Gasteiger partial charge in [-0.25, -0.2) is 0 Å². The van der Waals surface area contributed by atoms with Crippen molar-refractivity contribution in [3.05, 3.63) is 87.6 Å². The van der Waals surface area contributed by atoms with Gasteiger partial charge in [0.1, 0.15) is 17.3 Å². The molecule has 0 aliphatic carbocycles. The summed E-state index contributed by atoms with van der Waals surface area (Å²) < 4.78 is 5.32. The Morgan fingerprint density at radius 3 is 2.55 bits per heavy atom. The number of nitrogens with one attached hydrogen (secondary N) is 2. The van der Waals surface area contributed by atoms with Gasteiger partial charge in [0.15, 0.2) is 0 Å². The molecule has 2 N–H and O–H groups in total. The minimum absolute atomic E-state index is 0.101. The highest BCUT2D eigenvalue weighted by Gasteiger charge is 2.12. The molecule has 0 unspecified atom stereocenters. The Bertz CT molecular complexity index is 1020. The molecule has 3 aromatic rings. The number of rotatable bonds is 8. The van der Waals surface area contributed by atoms with E-state index in [1.165, 1.54) is 0 Å². The summed E-state index contributed by atoms with van der Waals surface area (Å²) in [7, 11) is 1.60. The topological polar surface area (TPSA) is 97.0 Å². The summed E-state index contributed by atoms with van der Waals surface area (Å²) in [6, 6.07) is 17.1. The van der Waals surface area contributed by atoms with Crippen LogP contribution in [0.3, 0.4) is 0 Å². The Morgan fingerprint density at radius 1 is 1.10 bits per heavy atom. The predicted octanol–water partition coefficient (Wildman–Crippen LogP) is 2.57. The van der Waals surface area contributed by atoms with Crippen LogP contribution in [0.15, 0.2) is 59.4 Å². The molecule has 0 aliphatic rings. The Labute approximate surface area is 169 Å². The number of aryl methyl sites for hydroxylation is 1. The largest absolute Gasteiger partial charge is 0.496 e. The molecule has 0 aliphatic heterocycles. The van der Waals surface area contributed by atoms with E-state index in [9.17, 15) is 9.59 Å². The van der Waals surface area contributed by atoms with Crippen molar-refractivity contribution in [3.8, 4) is 5.75 Å². The molecule has 1 heterocycles. The predicted molar refractivity (Wildman–Crippen MR) is 110 cm³/mol. The van der Waals surface area contributed by atoms with Gasteiger partial charge in [0, 0.05) is 24.8 Å². The Morgan fingerprint density at radius 2 is 1.83 bits per heavy atom. The highest BCUT2D eigenvalue weighted by Crippen LogP contribution is 2.19. The molecule has 2 aromatic carbocycles. The number of aromatic nitrogens is 3. The average molecular weight is 392 g/mol. The van der Waals surface area contributed by atoms with Gasteiger partial charge in [-0.1, -0.05) is 48.5 Å². The Hall–Kier alpha value is -3.48. The first kappa shape index (κ1) is 20.3. The van der Waals surface area contributed by atoms with E-state index in [1.54, 1.807) is 7.11 Å². The number of nitrogens with zero attached hydrogens (tertiary/aromatic N) is 2. The number of carbonyl (C=O) groups excluding carboxylic acids is 1. The monoisotopic (exact) mass is 392 g/mol. The number of benzene rings is 2. The maximum atomic E-state index is 12.3. The van der Waals surface area contributed by atoms with Crippen LogP contribution in [0, 0.1) is 0 Å². The molecule has 1 aromatic heterocycles. The highest BCUT2D eigenvalue weighted by molar-refractivity contribution is 5.76. The number of hydrogen-bond donors (Lipinski definition) is 2. The molecule has 0 bridgehead atoms. The molecule has 1 amide bonds. The molecule has 29 heavy (non-hydrogen) atoms. The van der Waals surface area contributed by atoms with Gasteiger partial charge in [-0.15, -0.1) is 10.2 Å². The fourth-order valence-corrected chi connectivity index (χ4v) is 3.04. The van der Waals surface area contributed by atoms with E-state index in [-0.39, 0.29) is 36.0 Å². The summed E-state index contributed by atoms with van der Waals surface area (Å²) >= 11 is 0. The molecule has 3 rings (SSSR count). The lowest BCUT2D eigenvalue weighted by Crippen LogP contribution is -2.28. The summed E-state index contributed by atoms with van der Waals surface area (Å²) in [4.78, 5) is 27.3. The third-order valence-corrected chi connectivity index (χ3v) is 4.63. The van der Waals surface area contributed by atoms with Gasteiger partial charge in [-0.05, 0) is 18.6 Å². The lowest BCUT2D eigenvalue weighted by molar-refractivity contribution is -0.121. The summed E-state index contributed by atoms with van der Waals surface area (Å²) in [5.41, 5.74) is 1.85. The lowest BCUT2D eigenvalue weighted by atomic mass is 10.1. The van der Waals surface area contributed by atoms with Gasteiger partial charge >= 0.3 is 0 Å². The molecule has 0 radical (unpaired) electrons. The number of ether oxygens (including phenoxy) is 1. The smallest absolute Gasteiger partial charge is 0.272 e. The van der Waals surface area contributed by atoms with Gasteiger partial charge in [-0.2, -0.15) is 0 Å². The summed E-state index contributed by atoms with van der Waals surface area (Å²) in [5.74, 6) is 1.04. The van der Waals surface area contributed by atoms with Crippen molar-refractivity contribution in [1.82, 2.24) is 20.5 Å². The zero-order valence-corrected chi connectivity index (χ0v) is 16.5. The van der Waals surface area contributed by atoms with Crippen LogP contribution in [-0.2, 0) is 17.6 Å². The van der Waals surface area contributed by atoms with Crippen LogP contribution in [0.2, 0.25) is 0 Å². The molecular formula is C22H24N4O3. The molecule has 7 heteroatoms. The van der Waals surface area contributed by atoms with Crippen LogP contribution in [0.25, 0.3) is 0 Å². The third kappa shape index (κ3) is 5.51. The normalized spacial score (nSPS) is 11.7. The van der Waals surface area contributed by atoms with Crippen molar-refractivity contribution in [3.63, 3.8) is 0 Å². The molecule has 0 saturated carbocycles. The minimum atomic E-state index is -0.325. The molecule has 0 spiro atoms. The molecule has 150 valence electrons. The Balaban J connectivity index is 1.58. The second-order valence-corrected chi connectivity index (χ2v) is 6.74. The summed E-state index contributed by atoms with van der Waals surface area (Å²) in [5, 5.41) is 11.1. The van der Waals surface area contributed by atoms with Gasteiger partial charge in [-0.3, -0.25) is 9.59 Å². The molecule has 1 atom stereocenters. The van der Waals surface area contributed by atoms with E-state index >= 15 is 0 Å². The van der Waals surface area contributed by atoms with Crippen LogP contribution in [0.4, 0.5) is 0 Å². The van der Waals surface area contributed by atoms with E-state index in [0.717, 1.165) is 16.9 Å². The van der Waals surface area contributed by atoms with E-state index in [1.807, 2.05) is 61.5 Å². The molecule has 0 fully saturated rings. The van der Waals surface area contributed by atoms with Crippen molar-refractivity contribution >= 4 is 5.91 Å². The van der Waals surface area contributed by atoms with E-state index < -0.39 is 0 Å². The van der Waals surface area contributed by atoms with Crippen molar-refractivity contribution < 1.29 is 9.53 Å². The maximum Gasteiger partial charge on any atom is 0.272 e. The quantitative estimate of drug-likeness (QED) is 0.614. The number of hydrogen-bond acceptors (Lipinski definition) is 5. The lowest BCUT2D eigenvalue weighted by Gasteiger charge is -2.14. The van der Waals surface area contributed by atoms with E-state index in [0.29, 0.717) is 12.2 Å². The number of carbonyl (C=O) groups is 1. The highest BCUT2D eigenvalue weighted by atomic mass is 16.5. The van der Waals surface area contributed by atoms with Crippen LogP contribution in [-0.4, -0.2) is 28.2 Å². The number of H-pyrrole nitrogens is 1. The first-order chi connectivity index (χ1) is 14.1. The fraction of sp³-hybridized carbons (Fsp3) is 0.273. The van der Waals surface area contributed by atoms with E-state index in [2.05, 4.69) is 20.5 Å². The number of methoxy groups -OCH3 is 1. The fourth-order valence-electron chi connectivity index (χ4n) is 3.04. The van der Waals surface area contributed by atoms with Gasteiger partial charge in [0.05, 0.1) is 13.2 Å². The first-order valence-corrected chi connectivity index (χ1v) is 9.47. The van der Waals surface area contributed by atoms with Gasteiger partial charge in [0.25, 0.3) is 5.56 Å². The number of aromatic amines is 1. The van der Waals surface area contributed by atoms with Crippen molar-refractivity contribution in [1.29, 1.82) is 0 Å². The third-order valence-electron chi connectivity index (χ3n) is 4.63. The summed E-state index contributed by atoms with van der Waals surface area (Å²) in [6.07, 6.45) is 0.799. The van der Waals surface area contributed by atoms with Crippen molar-refractivity contribution in [2.45, 2.75) is 32.2 Å². The minimum Gasteiger partial charge on any atom is -0.496 e. The SMILES string of the molecule is COc1ccccc1Cc1nnc(CCC(=O)N[C@@H](C)c2ccccc2)c(=O)[nH]1. The zero-order valence-electron chi connectivity index (χ0n) is 16.5. The zero-order chi connectivity index (χ0) is 20.6. The van der Waals surface area contributed by atoms with Crippen molar-refractivity contribution in [2.75, 3.05) is 7.11 Å². The standard InChI is InChI=1S/C22H24N4O3/c1-15(16-8-4-3-5-9-16)23-21(27)13-12-18-22(28)24-20(26-25-18)14-17-10-6-7-11-19(17)29-2/h3-11,15H,12-14H2,1-2H3,(H,23,27)(H,24,26,28)/t15-/m0/s1. The van der Waals surface area contributed by atoms with Crippen molar-refractivity contribution in [2.24, 2.45) is 0 Å². The van der Waals surface area contributed by atoms with Crippen LogP contribution in [0.1, 0.15) is 42.0 Å². The molecule has 0 saturated heterocycles. The first-order valence-electron chi connectivity index (χ1n) is 9.47. The van der Waals surface area contributed by atoms with Gasteiger partial charge < -0.3 is 15.0 Å². The second kappa shape index (κ2) is 9.64. The number of amides is 1. The average Bonchev–Trinajstić information content (AvgIpc) is 2.74. The molecule has 7 nitrogen and oxygen atoms in total. The Kier molecular flexibility index (Phi) is 6.73.